The number of nitrogens with zero attached hydrogens (tertiary/aromatic N) is 1. The van der Waals surface area contributed by atoms with E-state index in [2.05, 4.69) is 4.98 Å². The minimum absolute atomic E-state index is 0.232. The third-order valence-corrected chi connectivity index (χ3v) is 6.39. The van der Waals surface area contributed by atoms with Crippen molar-refractivity contribution >= 4 is 21.5 Å². The maximum atomic E-state index is 6.05. The lowest BCUT2D eigenvalue weighted by Crippen LogP contribution is -2.03. The van der Waals surface area contributed by atoms with Crippen molar-refractivity contribution in [3.63, 3.8) is 0 Å². The topological polar surface area (TPSA) is 74.9 Å². The molecule has 7 heteroatoms. The van der Waals surface area contributed by atoms with Gasteiger partial charge in [-0.15, -0.1) is 0 Å². The molecule has 2 unspecified atom stereocenters. The van der Waals surface area contributed by atoms with Gasteiger partial charge in [0.05, 0.1) is 13.2 Å². The zero-order valence-corrected chi connectivity index (χ0v) is 20.5. The van der Waals surface area contributed by atoms with E-state index in [1.54, 1.807) is 0 Å². The number of rotatable bonds is 10. The van der Waals surface area contributed by atoms with Gasteiger partial charge in [0, 0.05) is 12.1 Å². The molecule has 0 bridgehead atoms. The van der Waals surface area contributed by atoms with Crippen LogP contribution in [0.25, 0.3) is 21.5 Å². The molecule has 2 saturated heterocycles. The summed E-state index contributed by atoms with van der Waals surface area (Å²) in [4.78, 5) is 4.54. The number of hydrogen-bond donors (Lipinski definition) is 0. The van der Waals surface area contributed by atoms with Gasteiger partial charge in [0.1, 0.15) is 48.4 Å². The first-order chi connectivity index (χ1) is 18.7. The second-order valence-corrected chi connectivity index (χ2v) is 9.39. The van der Waals surface area contributed by atoms with Crippen LogP contribution in [0.1, 0.15) is 0 Å². The zero-order valence-electron chi connectivity index (χ0n) is 20.5. The molecule has 5 aromatic rings. The molecule has 4 aromatic carbocycles. The molecule has 0 saturated carbocycles. The molecular weight excluding hydrogens is 482 g/mol. The predicted octanol–water partition coefficient (Wildman–Crippen LogP) is 6.53. The number of ether oxygens (including phenoxy) is 6. The van der Waals surface area contributed by atoms with Crippen molar-refractivity contribution in [2.75, 3.05) is 26.4 Å². The third kappa shape index (κ3) is 5.49. The van der Waals surface area contributed by atoms with E-state index in [1.165, 1.54) is 0 Å². The summed E-state index contributed by atoms with van der Waals surface area (Å²) in [5, 5.41) is 4.25. The Kier molecular flexibility index (Phi) is 5.92. The standard InChI is InChI=1S/C31H25NO6/c1-2-30(37-26-10-6-20-12-24(8-4-22(20)14-26)33-16-28-18-35-28)32-31(3-1)38-27-11-7-21-13-25(9-5-23(21)15-27)34-17-29-19-36-29/h1-15,28-29H,16-19H2. The van der Waals surface area contributed by atoms with Crippen molar-refractivity contribution in [2.45, 2.75) is 12.2 Å². The first kappa shape index (κ1) is 22.8. The second-order valence-electron chi connectivity index (χ2n) is 9.39. The summed E-state index contributed by atoms with van der Waals surface area (Å²) in [5.74, 6) is 3.96. The molecule has 1 aromatic heterocycles. The van der Waals surface area contributed by atoms with Crippen molar-refractivity contribution in [2.24, 2.45) is 0 Å². The molecule has 0 radical (unpaired) electrons. The Bertz CT molecular complexity index is 1500. The smallest absolute Gasteiger partial charge is 0.222 e. The Morgan fingerprint density at radius 2 is 0.947 bits per heavy atom. The van der Waals surface area contributed by atoms with Gasteiger partial charge in [-0.05, 0) is 70.1 Å². The Morgan fingerprint density at radius 3 is 1.37 bits per heavy atom. The molecular formula is C31H25NO6. The predicted molar refractivity (Wildman–Crippen MR) is 143 cm³/mol. The summed E-state index contributed by atoms with van der Waals surface area (Å²) < 4.78 is 34.1. The number of hydrogen-bond acceptors (Lipinski definition) is 7. The van der Waals surface area contributed by atoms with E-state index in [9.17, 15) is 0 Å². The van der Waals surface area contributed by atoms with Crippen LogP contribution in [0.3, 0.4) is 0 Å². The highest BCUT2D eigenvalue weighted by molar-refractivity contribution is 5.86. The zero-order chi connectivity index (χ0) is 25.3. The van der Waals surface area contributed by atoms with Crippen LogP contribution in [0.2, 0.25) is 0 Å². The Balaban J connectivity index is 1.02. The SMILES string of the molecule is c1cc(Oc2ccc3cc(OCC4CO4)ccc3c2)nc(Oc2ccc3cc(OCC4CO4)ccc3c2)c1. The van der Waals surface area contributed by atoms with Crippen LogP contribution in [0.15, 0.2) is 91.0 Å². The van der Waals surface area contributed by atoms with E-state index in [0.29, 0.717) is 36.5 Å². The minimum atomic E-state index is 0.232. The molecule has 0 amide bonds. The lowest BCUT2D eigenvalue weighted by molar-refractivity contribution is 0.263. The third-order valence-electron chi connectivity index (χ3n) is 6.39. The molecule has 190 valence electrons. The summed E-state index contributed by atoms with van der Waals surface area (Å²) in [6.07, 6.45) is 0.464. The lowest BCUT2D eigenvalue weighted by atomic mass is 10.1. The normalized spacial score (nSPS) is 17.8. The summed E-state index contributed by atoms with van der Waals surface area (Å²) >= 11 is 0. The molecule has 0 N–H and O–H groups in total. The number of benzene rings is 4. The van der Waals surface area contributed by atoms with E-state index in [4.69, 9.17) is 28.4 Å². The first-order valence-corrected chi connectivity index (χ1v) is 12.6. The number of aromatic nitrogens is 1. The molecule has 7 nitrogen and oxygen atoms in total. The number of epoxide rings is 2. The maximum Gasteiger partial charge on any atom is 0.222 e. The molecule has 0 spiro atoms. The second kappa shape index (κ2) is 9.85. The Hall–Kier alpha value is -4.33. The first-order valence-electron chi connectivity index (χ1n) is 12.6. The molecule has 0 aliphatic carbocycles. The van der Waals surface area contributed by atoms with Crippen molar-refractivity contribution in [3.05, 3.63) is 91.0 Å². The van der Waals surface area contributed by atoms with Crippen LogP contribution in [-0.4, -0.2) is 43.6 Å². The van der Waals surface area contributed by atoms with Crippen LogP contribution in [-0.2, 0) is 9.47 Å². The van der Waals surface area contributed by atoms with E-state index in [-0.39, 0.29) is 12.2 Å². The van der Waals surface area contributed by atoms with Crippen molar-refractivity contribution in [1.82, 2.24) is 4.98 Å². The van der Waals surface area contributed by atoms with Gasteiger partial charge in [0.25, 0.3) is 0 Å². The maximum absolute atomic E-state index is 6.05. The van der Waals surface area contributed by atoms with Crippen LogP contribution in [0.4, 0.5) is 0 Å². The molecule has 2 atom stereocenters. The summed E-state index contributed by atoms with van der Waals surface area (Å²) in [6.45, 7) is 2.74. The fraction of sp³-hybridized carbons (Fsp3) is 0.194. The van der Waals surface area contributed by atoms with E-state index >= 15 is 0 Å². The van der Waals surface area contributed by atoms with Gasteiger partial charge in [0.15, 0.2) is 0 Å². The highest BCUT2D eigenvalue weighted by atomic mass is 16.6. The summed E-state index contributed by atoms with van der Waals surface area (Å²) in [6, 6.07) is 29.3. The van der Waals surface area contributed by atoms with Crippen molar-refractivity contribution in [1.29, 1.82) is 0 Å². The minimum Gasteiger partial charge on any atom is -0.491 e. The molecule has 2 aliphatic heterocycles. The highest BCUT2D eigenvalue weighted by Gasteiger charge is 2.23. The van der Waals surface area contributed by atoms with Crippen LogP contribution in [0, 0.1) is 0 Å². The quantitative estimate of drug-likeness (QED) is 0.199. The van der Waals surface area contributed by atoms with Gasteiger partial charge < -0.3 is 28.4 Å². The van der Waals surface area contributed by atoms with Gasteiger partial charge in [0.2, 0.25) is 11.8 Å². The summed E-state index contributed by atoms with van der Waals surface area (Å²) in [5.41, 5.74) is 0. The van der Waals surface area contributed by atoms with Gasteiger partial charge >= 0.3 is 0 Å². The number of fused-ring (bicyclic) bond motifs is 2. The Labute approximate surface area is 219 Å². The van der Waals surface area contributed by atoms with Crippen LogP contribution in [0.5, 0.6) is 34.8 Å². The Morgan fingerprint density at radius 1 is 0.553 bits per heavy atom. The lowest BCUT2D eigenvalue weighted by Gasteiger charge is -2.10. The molecule has 2 fully saturated rings. The fourth-order valence-corrected chi connectivity index (χ4v) is 4.17. The average molecular weight is 508 g/mol. The van der Waals surface area contributed by atoms with E-state index in [0.717, 1.165) is 46.3 Å². The molecule has 3 heterocycles. The monoisotopic (exact) mass is 507 g/mol. The molecule has 38 heavy (non-hydrogen) atoms. The van der Waals surface area contributed by atoms with E-state index < -0.39 is 0 Å². The highest BCUT2D eigenvalue weighted by Crippen LogP contribution is 2.31. The van der Waals surface area contributed by atoms with Crippen LogP contribution >= 0.6 is 0 Å². The van der Waals surface area contributed by atoms with Gasteiger partial charge in [-0.2, -0.15) is 4.98 Å². The van der Waals surface area contributed by atoms with Crippen molar-refractivity contribution in [3.8, 4) is 34.8 Å². The van der Waals surface area contributed by atoms with Gasteiger partial charge in [-0.25, -0.2) is 0 Å². The summed E-state index contributed by atoms with van der Waals surface area (Å²) in [7, 11) is 0. The molecule has 2 aliphatic rings. The molecule has 7 rings (SSSR count). The van der Waals surface area contributed by atoms with Crippen LogP contribution < -0.4 is 18.9 Å². The number of pyridine rings is 1. The van der Waals surface area contributed by atoms with E-state index in [1.807, 2.05) is 91.0 Å². The van der Waals surface area contributed by atoms with Crippen molar-refractivity contribution < 1.29 is 28.4 Å². The fourth-order valence-electron chi connectivity index (χ4n) is 4.17. The van der Waals surface area contributed by atoms with Gasteiger partial charge in [-0.3, -0.25) is 0 Å². The average Bonchev–Trinajstić information content (AvgIpc) is 3.86. The largest absolute Gasteiger partial charge is 0.491 e. The van der Waals surface area contributed by atoms with Gasteiger partial charge in [-0.1, -0.05) is 30.3 Å².